The zero-order valence-electron chi connectivity index (χ0n) is 9.21. The number of carbonyl (C=O) groups is 1. The van der Waals surface area contributed by atoms with Gasteiger partial charge in [-0.15, -0.1) is 22.7 Å². The van der Waals surface area contributed by atoms with E-state index < -0.39 is 0 Å². The van der Waals surface area contributed by atoms with E-state index in [1.165, 1.54) is 4.88 Å². The van der Waals surface area contributed by atoms with Crippen molar-refractivity contribution in [2.24, 2.45) is 0 Å². The van der Waals surface area contributed by atoms with Crippen molar-refractivity contribution in [3.63, 3.8) is 0 Å². The van der Waals surface area contributed by atoms with Crippen molar-refractivity contribution >= 4 is 33.4 Å². The van der Waals surface area contributed by atoms with Crippen LogP contribution in [-0.2, 0) is 6.42 Å². The molecule has 0 bridgehead atoms. The third kappa shape index (κ3) is 2.03. The lowest BCUT2D eigenvalue weighted by atomic mass is 10.2. The summed E-state index contributed by atoms with van der Waals surface area (Å²) in [5, 5.41) is 1.98. The average Bonchev–Trinajstić information content (AvgIpc) is 2.92. The molecule has 0 spiro atoms. The number of Topliss-reactive ketones (excluding diaryl/α,β-unsaturated/α-hetero) is 1. The lowest BCUT2D eigenvalue weighted by molar-refractivity contribution is 0.0996. The van der Waals surface area contributed by atoms with Gasteiger partial charge in [0.25, 0.3) is 0 Å². The smallest absolute Gasteiger partial charge is 0.193 e. The van der Waals surface area contributed by atoms with Crippen LogP contribution in [0.25, 0.3) is 4.96 Å². The maximum absolute atomic E-state index is 12.0. The van der Waals surface area contributed by atoms with Crippen molar-refractivity contribution in [3.05, 3.63) is 45.4 Å². The molecule has 0 saturated carbocycles. The molecule has 3 heterocycles. The molecule has 0 saturated heterocycles. The van der Waals surface area contributed by atoms with Crippen LogP contribution in [0.2, 0.25) is 0 Å². The van der Waals surface area contributed by atoms with Crippen molar-refractivity contribution in [1.29, 1.82) is 0 Å². The fourth-order valence-corrected chi connectivity index (χ4v) is 3.22. The highest BCUT2D eigenvalue weighted by molar-refractivity contribution is 7.15. The van der Waals surface area contributed by atoms with E-state index in [-0.39, 0.29) is 5.78 Å². The molecule has 0 radical (unpaired) electrons. The molecule has 5 heteroatoms. The van der Waals surface area contributed by atoms with Crippen molar-refractivity contribution in [1.82, 2.24) is 9.38 Å². The van der Waals surface area contributed by atoms with Crippen LogP contribution in [0.5, 0.6) is 0 Å². The summed E-state index contributed by atoms with van der Waals surface area (Å²) in [7, 11) is 0. The number of aromatic nitrogens is 2. The predicted octanol–water partition coefficient (Wildman–Crippen LogP) is 3.19. The lowest BCUT2D eigenvalue weighted by Crippen LogP contribution is -2.01. The highest BCUT2D eigenvalue weighted by Gasteiger charge is 2.11. The van der Waals surface area contributed by atoms with Gasteiger partial charge in [-0.25, -0.2) is 4.98 Å². The summed E-state index contributed by atoms with van der Waals surface area (Å²) in [6.07, 6.45) is 4.26. The Balaban J connectivity index is 1.83. The zero-order chi connectivity index (χ0) is 11.8. The first-order chi connectivity index (χ1) is 8.22. The number of hydrogen-bond acceptors (Lipinski definition) is 4. The molecule has 0 aliphatic rings. The molecule has 0 unspecified atom stereocenters. The monoisotopic (exact) mass is 262 g/mol. The topological polar surface area (TPSA) is 34.4 Å². The van der Waals surface area contributed by atoms with Gasteiger partial charge in [0.05, 0.1) is 17.0 Å². The summed E-state index contributed by atoms with van der Waals surface area (Å²) in [6, 6.07) is 3.87. The maximum Gasteiger partial charge on any atom is 0.193 e. The summed E-state index contributed by atoms with van der Waals surface area (Å²) in [5.74, 6) is 0.147. The first kappa shape index (κ1) is 10.7. The molecule has 3 nitrogen and oxygen atoms in total. The van der Waals surface area contributed by atoms with Gasteiger partial charge in [-0.1, -0.05) is 0 Å². The number of imidazole rings is 1. The molecule has 0 aromatic carbocycles. The van der Waals surface area contributed by atoms with Gasteiger partial charge in [-0.3, -0.25) is 9.20 Å². The van der Waals surface area contributed by atoms with Gasteiger partial charge in [-0.2, -0.15) is 0 Å². The second kappa shape index (κ2) is 4.09. The van der Waals surface area contributed by atoms with Gasteiger partial charge in [0, 0.05) is 22.7 Å². The summed E-state index contributed by atoms with van der Waals surface area (Å²) in [6.45, 7) is 2.01. The molecule has 86 valence electrons. The number of hydrogen-bond donors (Lipinski definition) is 0. The molecule has 0 fully saturated rings. The van der Waals surface area contributed by atoms with Gasteiger partial charge in [0.1, 0.15) is 0 Å². The van der Waals surface area contributed by atoms with Gasteiger partial charge in [0.2, 0.25) is 0 Å². The summed E-state index contributed by atoms with van der Waals surface area (Å²) >= 11 is 3.12. The van der Waals surface area contributed by atoms with E-state index in [0.717, 1.165) is 15.5 Å². The molecular formula is C12H10N2OS2. The molecule has 3 aromatic heterocycles. The second-order valence-electron chi connectivity index (χ2n) is 3.84. The van der Waals surface area contributed by atoms with E-state index >= 15 is 0 Å². The summed E-state index contributed by atoms with van der Waals surface area (Å²) < 4.78 is 1.95. The van der Waals surface area contributed by atoms with Crippen LogP contribution in [-0.4, -0.2) is 15.2 Å². The molecular weight excluding hydrogens is 252 g/mol. The first-order valence-electron chi connectivity index (χ1n) is 5.23. The van der Waals surface area contributed by atoms with Crippen LogP contribution >= 0.6 is 22.7 Å². The van der Waals surface area contributed by atoms with Gasteiger partial charge >= 0.3 is 0 Å². The summed E-state index contributed by atoms with van der Waals surface area (Å²) in [4.78, 5) is 19.3. The highest BCUT2D eigenvalue weighted by atomic mass is 32.1. The predicted molar refractivity (Wildman–Crippen MR) is 70.2 cm³/mol. The van der Waals surface area contributed by atoms with Crippen molar-refractivity contribution < 1.29 is 4.79 Å². The third-order valence-electron chi connectivity index (χ3n) is 2.50. The average molecular weight is 262 g/mol. The standard InChI is InChI=1S/C12H10N2OS2/c1-8-2-3-11(17-8)10(15)6-9-7-14-4-5-16-12(14)13-9/h2-5,7H,6H2,1H3. The fraction of sp³-hybridized carbons (Fsp3) is 0.167. The maximum atomic E-state index is 12.0. The lowest BCUT2D eigenvalue weighted by Gasteiger charge is -1.93. The Labute approximate surface area is 106 Å². The molecule has 0 aliphatic heterocycles. The van der Waals surface area contributed by atoms with Crippen molar-refractivity contribution in [3.8, 4) is 0 Å². The van der Waals surface area contributed by atoms with E-state index in [0.29, 0.717) is 6.42 Å². The first-order valence-corrected chi connectivity index (χ1v) is 6.93. The second-order valence-corrected chi connectivity index (χ2v) is 6.00. The minimum atomic E-state index is 0.147. The van der Waals surface area contributed by atoms with Crippen LogP contribution < -0.4 is 0 Å². The van der Waals surface area contributed by atoms with Crippen LogP contribution in [0, 0.1) is 6.92 Å². The molecule has 0 aliphatic carbocycles. The Kier molecular flexibility index (Phi) is 2.57. The third-order valence-corrected chi connectivity index (χ3v) is 4.31. The van der Waals surface area contributed by atoms with Crippen molar-refractivity contribution in [2.75, 3.05) is 0 Å². The van der Waals surface area contributed by atoms with Crippen LogP contribution in [0.4, 0.5) is 0 Å². The minimum absolute atomic E-state index is 0.147. The van der Waals surface area contributed by atoms with E-state index in [1.54, 1.807) is 22.7 Å². The molecule has 0 N–H and O–H groups in total. The number of aryl methyl sites for hydroxylation is 1. The quantitative estimate of drug-likeness (QED) is 0.679. The Morgan fingerprint density at radius 3 is 3.06 bits per heavy atom. The van der Waals surface area contributed by atoms with E-state index in [1.807, 2.05) is 41.2 Å². The number of fused-ring (bicyclic) bond motifs is 1. The number of carbonyl (C=O) groups excluding carboxylic acids is 1. The molecule has 3 aromatic rings. The SMILES string of the molecule is Cc1ccc(C(=O)Cc2cn3ccsc3n2)s1. The minimum Gasteiger partial charge on any atom is -0.297 e. The van der Waals surface area contributed by atoms with Gasteiger partial charge in [-0.05, 0) is 19.1 Å². The fourth-order valence-electron chi connectivity index (χ4n) is 1.70. The Morgan fingerprint density at radius 2 is 2.35 bits per heavy atom. The number of nitrogens with zero attached hydrogens (tertiary/aromatic N) is 2. The molecule has 3 rings (SSSR count). The van der Waals surface area contributed by atoms with Gasteiger partial charge < -0.3 is 0 Å². The van der Waals surface area contributed by atoms with Gasteiger partial charge in [0.15, 0.2) is 10.7 Å². The Hall–Kier alpha value is -1.46. The van der Waals surface area contributed by atoms with Crippen molar-refractivity contribution in [2.45, 2.75) is 13.3 Å². The zero-order valence-corrected chi connectivity index (χ0v) is 10.8. The van der Waals surface area contributed by atoms with E-state index in [4.69, 9.17) is 0 Å². The van der Waals surface area contributed by atoms with E-state index in [2.05, 4.69) is 4.98 Å². The number of thiophene rings is 1. The molecule has 17 heavy (non-hydrogen) atoms. The normalized spacial score (nSPS) is 11.1. The summed E-state index contributed by atoms with van der Waals surface area (Å²) in [5.41, 5.74) is 0.841. The number of thiazole rings is 1. The Morgan fingerprint density at radius 1 is 1.47 bits per heavy atom. The molecule has 0 atom stereocenters. The van der Waals surface area contributed by atoms with Crippen LogP contribution in [0.1, 0.15) is 20.2 Å². The highest BCUT2D eigenvalue weighted by Crippen LogP contribution is 2.18. The molecule has 0 amide bonds. The van der Waals surface area contributed by atoms with E-state index in [9.17, 15) is 4.79 Å². The van der Waals surface area contributed by atoms with Crippen LogP contribution in [0.3, 0.4) is 0 Å². The number of rotatable bonds is 3. The largest absolute Gasteiger partial charge is 0.297 e. The van der Waals surface area contributed by atoms with Crippen LogP contribution in [0.15, 0.2) is 29.9 Å². The number of ketones is 1. The Bertz CT molecular complexity index is 649.